The van der Waals surface area contributed by atoms with Gasteiger partial charge < -0.3 is 5.32 Å². The quantitative estimate of drug-likeness (QED) is 0.838. The van der Waals surface area contributed by atoms with Crippen molar-refractivity contribution in [3.8, 4) is 0 Å². The van der Waals surface area contributed by atoms with Crippen LogP contribution in [0.3, 0.4) is 0 Å². The van der Waals surface area contributed by atoms with Crippen molar-refractivity contribution in [2.75, 3.05) is 19.6 Å². The van der Waals surface area contributed by atoms with Gasteiger partial charge in [0.1, 0.15) is 0 Å². The standard InChI is InChI=1S/C17H30N4/c1-3-14(2)21-10-8-16(19-21)13-20(17-6-7-17)12-15-5-4-9-18-11-15/h8,10,14-15,17-18H,3-7,9,11-13H2,1-2H3. The highest BCUT2D eigenvalue weighted by Crippen LogP contribution is 2.29. The average molecular weight is 290 g/mol. The summed E-state index contributed by atoms with van der Waals surface area (Å²) >= 11 is 0. The fourth-order valence-corrected chi connectivity index (χ4v) is 3.30. The smallest absolute Gasteiger partial charge is 0.0765 e. The Labute approximate surface area is 128 Å². The van der Waals surface area contributed by atoms with E-state index in [1.165, 1.54) is 51.0 Å². The summed E-state index contributed by atoms with van der Waals surface area (Å²) in [6, 6.07) is 3.54. The summed E-state index contributed by atoms with van der Waals surface area (Å²) < 4.78 is 2.13. The first kappa shape index (κ1) is 15.0. The maximum Gasteiger partial charge on any atom is 0.0765 e. The number of hydrogen-bond donors (Lipinski definition) is 1. The molecular weight excluding hydrogens is 260 g/mol. The Hall–Kier alpha value is -0.870. The molecule has 4 nitrogen and oxygen atoms in total. The molecule has 2 heterocycles. The Balaban J connectivity index is 1.58. The second kappa shape index (κ2) is 6.93. The van der Waals surface area contributed by atoms with Crippen LogP contribution in [0.5, 0.6) is 0 Å². The molecule has 1 aromatic rings. The summed E-state index contributed by atoms with van der Waals surface area (Å²) in [5.41, 5.74) is 1.24. The van der Waals surface area contributed by atoms with E-state index in [2.05, 4.69) is 41.0 Å². The lowest BCUT2D eigenvalue weighted by Crippen LogP contribution is -2.39. The van der Waals surface area contributed by atoms with Gasteiger partial charge in [-0.25, -0.2) is 0 Å². The third-order valence-electron chi connectivity index (χ3n) is 5.03. The lowest BCUT2D eigenvalue weighted by Gasteiger charge is -2.29. The molecule has 0 spiro atoms. The van der Waals surface area contributed by atoms with Gasteiger partial charge in [-0.2, -0.15) is 5.10 Å². The van der Waals surface area contributed by atoms with E-state index >= 15 is 0 Å². The molecule has 2 fully saturated rings. The maximum absolute atomic E-state index is 4.78. The number of aromatic nitrogens is 2. The largest absolute Gasteiger partial charge is 0.316 e. The molecular formula is C17H30N4. The van der Waals surface area contributed by atoms with Gasteiger partial charge in [0.15, 0.2) is 0 Å². The third-order valence-corrected chi connectivity index (χ3v) is 5.03. The fourth-order valence-electron chi connectivity index (χ4n) is 3.30. The molecule has 1 aliphatic heterocycles. The average Bonchev–Trinajstić information content (AvgIpc) is 3.26. The molecule has 1 saturated carbocycles. The van der Waals surface area contributed by atoms with Crippen molar-refractivity contribution in [3.05, 3.63) is 18.0 Å². The van der Waals surface area contributed by atoms with Crippen LogP contribution in [0, 0.1) is 5.92 Å². The highest BCUT2D eigenvalue weighted by Gasteiger charge is 2.31. The number of hydrogen-bond acceptors (Lipinski definition) is 3. The zero-order valence-corrected chi connectivity index (χ0v) is 13.6. The molecule has 0 radical (unpaired) electrons. The Morgan fingerprint density at radius 1 is 1.43 bits per heavy atom. The SMILES string of the molecule is CCC(C)n1ccc(CN(CC2CCCNC2)C2CC2)n1. The second-order valence-corrected chi connectivity index (χ2v) is 6.92. The highest BCUT2D eigenvalue weighted by atomic mass is 15.3. The van der Waals surface area contributed by atoms with Crippen LogP contribution in [0.2, 0.25) is 0 Å². The molecule has 0 bridgehead atoms. The van der Waals surface area contributed by atoms with Crippen LogP contribution < -0.4 is 5.32 Å². The van der Waals surface area contributed by atoms with Crippen LogP contribution >= 0.6 is 0 Å². The third kappa shape index (κ3) is 4.07. The van der Waals surface area contributed by atoms with E-state index in [4.69, 9.17) is 5.10 Å². The van der Waals surface area contributed by atoms with Gasteiger partial charge in [-0.3, -0.25) is 9.58 Å². The van der Waals surface area contributed by atoms with Crippen LogP contribution in [0.4, 0.5) is 0 Å². The first-order chi connectivity index (χ1) is 10.3. The molecule has 1 aliphatic carbocycles. The predicted octanol–water partition coefficient (Wildman–Crippen LogP) is 2.82. The summed E-state index contributed by atoms with van der Waals surface area (Å²) in [7, 11) is 0. The van der Waals surface area contributed by atoms with Crippen LogP contribution in [0.15, 0.2) is 12.3 Å². The van der Waals surface area contributed by atoms with E-state index in [1.807, 2.05) is 0 Å². The lowest BCUT2D eigenvalue weighted by atomic mass is 9.99. The summed E-state index contributed by atoms with van der Waals surface area (Å²) in [5.74, 6) is 0.830. The van der Waals surface area contributed by atoms with E-state index in [0.29, 0.717) is 6.04 Å². The highest BCUT2D eigenvalue weighted by molar-refractivity contribution is 5.01. The number of nitrogens with one attached hydrogen (secondary N) is 1. The molecule has 21 heavy (non-hydrogen) atoms. The second-order valence-electron chi connectivity index (χ2n) is 6.92. The first-order valence-electron chi connectivity index (χ1n) is 8.75. The Kier molecular flexibility index (Phi) is 4.96. The maximum atomic E-state index is 4.78. The van der Waals surface area contributed by atoms with Crippen LogP contribution in [0.25, 0.3) is 0 Å². The van der Waals surface area contributed by atoms with Gasteiger partial charge in [-0.1, -0.05) is 6.92 Å². The lowest BCUT2D eigenvalue weighted by molar-refractivity contribution is 0.190. The van der Waals surface area contributed by atoms with E-state index in [0.717, 1.165) is 24.9 Å². The summed E-state index contributed by atoms with van der Waals surface area (Å²) in [6.45, 7) is 9.14. The Bertz CT molecular complexity index is 432. The van der Waals surface area contributed by atoms with Gasteiger partial charge in [-0.15, -0.1) is 0 Å². The van der Waals surface area contributed by atoms with Crippen molar-refractivity contribution in [2.24, 2.45) is 5.92 Å². The normalized spacial score (nSPS) is 24.4. The van der Waals surface area contributed by atoms with E-state index in [-0.39, 0.29) is 0 Å². The summed E-state index contributed by atoms with van der Waals surface area (Å²) in [6.07, 6.45) is 8.78. The first-order valence-corrected chi connectivity index (χ1v) is 8.75. The topological polar surface area (TPSA) is 33.1 Å². The molecule has 1 N–H and O–H groups in total. The minimum atomic E-state index is 0.510. The van der Waals surface area contributed by atoms with E-state index in [1.54, 1.807) is 0 Å². The molecule has 2 aliphatic rings. The van der Waals surface area contributed by atoms with Crippen molar-refractivity contribution < 1.29 is 0 Å². The number of nitrogens with zero attached hydrogens (tertiary/aromatic N) is 3. The molecule has 2 atom stereocenters. The Morgan fingerprint density at radius 3 is 2.95 bits per heavy atom. The fraction of sp³-hybridized carbons (Fsp3) is 0.824. The van der Waals surface area contributed by atoms with Gasteiger partial charge in [0, 0.05) is 31.4 Å². The van der Waals surface area contributed by atoms with Gasteiger partial charge in [0.05, 0.1) is 5.69 Å². The van der Waals surface area contributed by atoms with Crippen molar-refractivity contribution in [3.63, 3.8) is 0 Å². The van der Waals surface area contributed by atoms with Crippen molar-refractivity contribution >= 4 is 0 Å². The predicted molar refractivity (Wildman–Crippen MR) is 86.3 cm³/mol. The molecule has 2 unspecified atom stereocenters. The Morgan fingerprint density at radius 2 is 2.29 bits per heavy atom. The zero-order valence-electron chi connectivity index (χ0n) is 13.6. The van der Waals surface area contributed by atoms with Crippen molar-refractivity contribution in [1.29, 1.82) is 0 Å². The molecule has 0 amide bonds. The molecule has 1 aromatic heterocycles. The van der Waals surface area contributed by atoms with Gasteiger partial charge in [0.25, 0.3) is 0 Å². The van der Waals surface area contributed by atoms with Gasteiger partial charge in [0.2, 0.25) is 0 Å². The number of piperidine rings is 1. The summed E-state index contributed by atoms with van der Waals surface area (Å²) in [5, 5.41) is 8.33. The molecule has 0 aromatic carbocycles. The van der Waals surface area contributed by atoms with Gasteiger partial charge >= 0.3 is 0 Å². The minimum Gasteiger partial charge on any atom is -0.316 e. The van der Waals surface area contributed by atoms with Crippen molar-refractivity contribution in [2.45, 2.75) is 64.6 Å². The molecule has 3 rings (SSSR count). The summed E-state index contributed by atoms with van der Waals surface area (Å²) in [4.78, 5) is 2.68. The molecule has 118 valence electrons. The van der Waals surface area contributed by atoms with E-state index in [9.17, 15) is 0 Å². The molecule has 4 heteroatoms. The minimum absolute atomic E-state index is 0.510. The van der Waals surface area contributed by atoms with E-state index < -0.39 is 0 Å². The van der Waals surface area contributed by atoms with Crippen LogP contribution in [-0.4, -0.2) is 40.4 Å². The number of rotatable bonds is 7. The van der Waals surface area contributed by atoms with Crippen LogP contribution in [-0.2, 0) is 6.54 Å². The monoisotopic (exact) mass is 290 g/mol. The molecule has 1 saturated heterocycles. The zero-order chi connectivity index (χ0) is 14.7. The van der Waals surface area contributed by atoms with Crippen LogP contribution in [0.1, 0.15) is 57.7 Å². The van der Waals surface area contributed by atoms with Crippen molar-refractivity contribution in [1.82, 2.24) is 20.0 Å². The van der Waals surface area contributed by atoms with Gasteiger partial charge in [-0.05, 0) is 64.1 Å².